The van der Waals surface area contributed by atoms with Gasteiger partial charge in [-0.15, -0.1) is 0 Å². The summed E-state index contributed by atoms with van der Waals surface area (Å²) in [7, 11) is -3.93. The molecule has 1 aromatic heterocycles. The molecule has 0 aliphatic rings. The van der Waals surface area contributed by atoms with Gasteiger partial charge in [-0.05, 0) is 37.3 Å². The second kappa shape index (κ2) is 14.1. The Morgan fingerprint density at radius 2 is 1.66 bits per heavy atom. The van der Waals surface area contributed by atoms with Crippen molar-refractivity contribution in [2.75, 3.05) is 12.4 Å². The number of fused-ring (bicyclic) bond motifs is 1. The Morgan fingerprint density at radius 1 is 1.00 bits per heavy atom. The monoisotopic (exact) mass is 464 g/mol. The topological polar surface area (TPSA) is 109 Å². The van der Waals surface area contributed by atoms with Crippen LogP contribution in [0.15, 0.2) is 30.9 Å². The van der Waals surface area contributed by atoms with Crippen LogP contribution in [0.4, 0.5) is 0 Å². The molecule has 0 fully saturated rings. The number of imidazole rings is 1. The number of carbonyl (C=O) groups is 1. The largest absolute Gasteiger partial charge is 0.463 e. The predicted molar refractivity (Wildman–Crippen MR) is 127 cm³/mol. The molecular weight excluding hydrogens is 428 g/mol. The number of unbranched alkanes of at least 4 members (excludes halogenated alkanes) is 8. The second-order valence-corrected chi connectivity index (χ2v) is 9.76. The quantitative estimate of drug-likeness (QED) is 0.145. The lowest BCUT2D eigenvalue weighted by molar-refractivity contribution is -0.137. The predicted octanol–water partition coefficient (Wildman–Crippen LogP) is 5.17. The van der Waals surface area contributed by atoms with Crippen LogP contribution in [0.25, 0.3) is 11.0 Å². The van der Waals surface area contributed by atoms with Crippen LogP contribution >= 0.6 is 0 Å². The third-order valence-corrected chi connectivity index (χ3v) is 6.27. The van der Waals surface area contributed by atoms with Crippen molar-refractivity contribution in [3.8, 4) is 0 Å². The zero-order chi connectivity index (χ0) is 23.2. The lowest BCUT2D eigenvalue weighted by atomic mass is 10.0. The minimum absolute atomic E-state index is 0.248. The number of aromatic amines is 1. The van der Waals surface area contributed by atoms with E-state index in [2.05, 4.69) is 22.6 Å². The van der Waals surface area contributed by atoms with Crippen molar-refractivity contribution in [1.29, 1.82) is 0 Å². The van der Waals surface area contributed by atoms with Gasteiger partial charge in [-0.25, -0.2) is 9.78 Å². The third-order valence-electron chi connectivity index (χ3n) is 5.46. The summed E-state index contributed by atoms with van der Waals surface area (Å²) >= 11 is 0. The molecule has 2 aromatic rings. The van der Waals surface area contributed by atoms with Gasteiger partial charge in [-0.1, -0.05) is 63.7 Å². The van der Waals surface area contributed by atoms with Crippen LogP contribution in [-0.2, 0) is 32.5 Å². The fourth-order valence-electron chi connectivity index (χ4n) is 3.77. The molecule has 0 unspecified atom stereocenters. The average Bonchev–Trinajstić information content (AvgIpc) is 3.17. The van der Waals surface area contributed by atoms with E-state index in [1.807, 2.05) is 12.1 Å². The van der Waals surface area contributed by atoms with Gasteiger partial charge in [-0.2, -0.15) is 8.42 Å². The van der Waals surface area contributed by atoms with Crippen molar-refractivity contribution in [3.63, 3.8) is 0 Å². The summed E-state index contributed by atoms with van der Waals surface area (Å²) in [5.74, 6) is 0.168. The van der Waals surface area contributed by atoms with Gasteiger partial charge in [0.2, 0.25) is 0 Å². The van der Waals surface area contributed by atoms with Crippen LogP contribution in [0.3, 0.4) is 0 Å². The molecule has 1 aromatic carbocycles. The number of hydrogen-bond acceptors (Lipinski definition) is 5. The van der Waals surface area contributed by atoms with E-state index in [9.17, 15) is 13.2 Å². The summed E-state index contributed by atoms with van der Waals surface area (Å²) in [6.45, 7) is 3.86. The third kappa shape index (κ3) is 10.4. The van der Waals surface area contributed by atoms with Crippen molar-refractivity contribution >= 4 is 27.1 Å². The van der Waals surface area contributed by atoms with Crippen LogP contribution in [0.1, 0.15) is 75.6 Å². The molecule has 2 rings (SSSR count). The van der Waals surface area contributed by atoms with Gasteiger partial charge < -0.3 is 9.72 Å². The number of carbonyl (C=O) groups excluding carboxylic acids is 1. The minimum atomic E-state index is -3.93. The van der Waals surface area contributed by atoms with Gasteiger partial charge in [0.1, 0.15) is 5.82 Å². The molecule has 7 nitrogen and oxygen atoms in total. The molecule has 0 saturated heterocycles. The van der Waals surface area contributed by atoms with Gasteiger partial charge in [0.05, 0.1) is 23.4 Å². The molecule has 0 amide bonds. The van der Waals surface area contributed by atoms with Gasteiger partial charge in [0.25, 0.3) is 10.1 Å². The number of aryl methyl sites for hydroxylation is 2. The first-order valence-electron chi connectivity index (χ1n) is 11.6. The molecule has 178 valence electrons. The van der Waals surface area contributed by atoms with E-state index in [0.29, 0.717) is 19.4 Å². The number of aromatic nitrogens is 2. The molecule has 8 heteroatoms. The first kappa shape index (κ1) is 26.1. The van der Waals surface area contributed by atoms with E-state index in [1.54, 1.807) is 0 Å². The Hall–Kier alpha value is -2.19. The molecule has 0 aliphatic heterocycles. The minimum Gasteiger partial charge on any atom is -0.463 e. The first-order chi connectivity index (χ1) is 15.4. The van der Waals surface area contributed by atoms with Gasteiger partial charge in [-0.3, -0.25) is 4.55 Å². The van der Waals surface area contributed by atoms with Crippen LogP contribution in [-0.4, -0.2) is 41.3 Å². The van der Waals surface area contributed by atoms with Crippen LogP contribution < -0.4 is 0 Å². The number of esters is 1. The highest BCUT2D eigenvalue weighted by Crippen LogP contribution is 2.20. The van der Waals surface area contributed by atoms with E-state index in [-0.39, 0.29) is 11.7 Å². The van der Waals surface area contributed by atoms with Crippen LogP contribution in [0.2, 0.25) is 0 Å². The van der Waals surface area contributed by atoms with E-state index >= 15 is 0 Å². The van der Waals surface area contributed by atoms with E-state index in [1.165, 1.54) is 50.2 Å². The Morgan fingerprint density at radius 3 is 2.31 bits per heavy atom. The summed E-state index contributed by atoms with van der Waals surface area (Å²) in [6, 6.07) is 6.12. The summed E-state index contributed by atoms with van der Waals surface area (Å²) in [6.07, 6.45) is 13.5. The summed E-state index contributed by atoms with van der Waals surface area (Å²) in [5, 5.41) is 0. The number of ether oxygens (including phenoxy) is 1. The van der Waals surface area contributed by atoms with Crippen molar-refractivity contribution in [1.82, 2.24) is 9.97 Å². The number of nitrogens with zero attached hydrogens (tertiary/aromatic N) is 1. The van der Waals surface area contributed by atoms with E-state index in [0.717, 1.165) is 42.5 Å². The molecule has 2 N–H and O–H groups in total. The first-order valence-corrected chi connectivity index (χ1v) is 13.2. The summed E-state index contributed by atoms with van der Waals surface area (Å²) < 4.78 is 35.6. The number of hydrogen-bond donors (Lipinski definition) is 2. The molecule has 0 saturated carbocycles. The Bertz CT molecular complexity index is 952. The van der Waals surface area contributed by atoms with Crippen molar-refractivity contribution in [3.05, 3.63) is 42.2 Å². The number of rotatable bonds is 17. The van der Waals surface area contributed by atoms with Crippen molar-refractivity contribution in [2.24, 2.45) is 0 Å². The number of nitrogens with one attached hydrogen (secondary N) is 1. The number of benzene rings is 1. The zero-order valence-electron chi connectivity index (χ0n) is 18.9. The Labute approximate surface area is 191 Å². The van der Waals surface area contributed by atoms with Crippen molar-refractivity contribution < 1.29 is 22.5 Å². The highest BCUT2D eigenvalue weighted by atomic mass is 32.2. The molecular formula is C24H36N2O5S. The van der Waals surface area contributed by atoms with E-state index < -0.39 is 10.1 Å². The molecule has 0 bridgehead atoms. The molecule has 0 atom stereocenters. The maximum atomic E-state index is 10.9. The van der Waals surface area contributed by atoms with E-state index in [4.69, 9.17) is 9.29 Å². The zero-order valence-corrected chi connectivity index (χ0v) is 19.7. The molecule has 32 heavy (non-hydrogen) atoms. The van der Waals surface area contributed by atoms with Gasteiger partial charge in [0, 0.05) is 12.5 Å². The standard InChI is InChI=1S/C24H36N2O5S/c1-2-23(27)31-18-11-9-7-5-3-4-6-8-10-14-20-15-12-16-21-24(20)26-22(25-21)17-13-19-32(28,29)30/h2,12,15-16H,1,3-11,13-14,17-19H2,(H,25,26)(H,28,29,30). The highest BCUT2D eigenvalue weighted by molar-refractivity contribution is 7.85. The SMILES string of the molecule is C=CC(=O)OCCCCCCCCCCCc1cccc2[nH]c(CCCS(=O)(=O)O)nc12. The molecule has 0 spiro atoms. The lowest BCUT2D eigenvalue weighted by Crippen LogP contribution is -2.05. The molecule has 1 heterocycles. The summed E-state index contributed by atoms with van der Waals surface area (Å²) in [5.41, 5.74) is 3.16. The number of para-hydroxylation sites is 1. The highest BCUT2D eigenvalue weighted by Gasteiger charge is 2.09. The van der Waals surface area contributed by atoms with Crippen LogP contribution in [0.5, 0.6) is 0 Å². The maximum Gasteiger partial charge on any atom is 0.330 e. The number of H-pyrrole nitrogens is 1. The summed E-state index contributed by atoms with van der Waals surface area (Å²) in [4.78, 5) is 18.8. The smallest absolute Gasteiger partial charge is 0.330 e. The van der Waals surface area contributed by atoms with Crippen molar-refractivity contribution in [2.45, 2.75) is 77.0 Å². The molecule has 0 aliphatic carbocycles. The Balaban J connectivity index is 1.58. The average molecular weight is 465 g/mol. The van der Waals surface area contributed by atoms with Crippen LogP contribution in [0, 0.1) is 0 Å². The fraction of sp³-hybridized carbons (Fsp3) is 0.583. The van der Waals surface area contributed by atoms with Gasteiger partial charge in [0.15, 0.2) is 0 Å². The lowest BCUT2D eigenvalue weighted by Gasteiger charge is -2.04. The molecule has 0 radical (unpaired) electrons. The fourth-order valence-corrected chi connectivity index (χ4v) is 4.28. The maximum absolute atomic E-state index is 10.9. The Kier molecular flexibility index (Phi) is 11.5. The normalized spacial score (nSPS) is 11.7. The second-order valence-electron chi connectivity index (χ2n) is 8.19. The van der Waals surface area contributed by atoms with Gasteiger partial charge >= 0.3 is 5.97 Å².